The number of amides is 2. The zero-order valence-electron chi connectivity index (χ0n) is 16.0. The largest absolute Gasteiger partial charge is 0.341 e. The molecular weight excluding hydrogens is 449 g/mol. The molecular formula is C20H21Cl2N3O4S. The molecule has 1 aliphatic rings. The Kier molecular flexibility index (Phi) is 7.36. The van der Waals surface area contributed by atoms with Gasteiger partial charge in [0.15, 0.2) is 0 Å². The van der Waals surface area contributed by atoms with Gasteiger partial charge < -0.3 is 10.2 Å². The zero-order chi connectivity index (χ0) is 21.7. The third kappa shape index (κ3) is 5.72. The summed E-state index contributed by atoms with van der Waals surface area (Å²) in [6, 6.07) is 13.0. The molecule has 0 unspecified atom stereocenters. The minimum Gasteiger partial charge on any atom is -0.341 e. The lowest BCUT2D eigenvalue weighted by molar-refractivity contribution is -0.133. The van der Waals surface area contributed by atoms with Crippen molar-refractivity contribution in [1.82, 2.24) is 9.62 Å². The quantitative estimate of drug-likeness (QED) is 0.678. The molecule has 1 fully saturated rings. The number of piperidine rings is 1. The van der Waals surface area contributed by atoms with Crippen molar-refractivity contribution in [2.24, 2.45) is 5.92 Å². The van der Waals surface area contributed by atoms with E-state index in [1.807, 2.05) is 18.2 Å². The molecule has 160 valence electrons. The molecule has 3 rings (SSSR count). The fraction of sp³-hybridized carbons (Fsp3) is 0.300. The maximum absolute atomic E-state index is 12.5. The Morgan fingerprint density at radius 2 is 1.80 bits per heavy atom. The summed E-state index contributed by atoms with van der Waals surface area (Å²) in [7, 11) is -3.92. The van der Waals surface area contributed by atoms with Gasteiger partial charge in [0.05, 0.1) is 27.4 Å². The molecule has 2 N–H and O–H groups in total. The average Bonchev–Trinajstić information content (AvgIpc) is 2.74. The van der Waals surface area contributed by atoms with Crippen molar-refractivity contribution in [3.63, 3.8) is 0 Å². The minimum atomic E-state index is -3.92. The fourth-order valence-corrected chi connectivity index (χ4v) is 4.54. The number of nitrogens with zero attached hydrogens (tertiary/aromatic N) is 1. The van der Waals surface area contributed by atoms with Gasteiger partial charge in [0.25, 0.3) is 0 Å². The van der Waals surface area contributed by atoms with Gasteiger partial charge in [-0.2, -0.15) is 0 Å². The molecule has 1 aliphatic heterocycles. The second kappa shape index (κ2) is 9.78. The lowest BCUT2D eigenvalue weighted by Gasteiger charge is -2.32. The minimum absolute atomic E-state index is 0.0801. The summed E-state index contributed by atoms with van der Waals surface area (Å²) in [6.07, 6.45) is 1.33. The van der Waals surface area contributed by atoms with Crippen molar-refractivity contribution in [2.45, 2.75) is 17.7 Å². The fourth-order valence-electron chi connectivity index (χ4n) is 3.18. The second-order valence-corrected chi connectivity index (χ2v) is 9.52. The smallest absolute Gasteiger partial charge is 0.241 e. The van der Waals surface area contributed by atoms with Crippen molar-refractivity contribution in [3.8, 4) is 0 Å². The molecule has 2 aromatic rings. The number of rotatable bonds is 6. The number of para-hydroxylation sites is 1. The van der Waals surface area contributed by atoms with Crippen LogP contribution in [0.25, 0.3) is 0 Å². The van der Waals surface area contributed by atoms with Crippen molar-refractivity contribution < 1.29 is 18.0 Å². The molecule has 0 bridgehead atoms. The first-order valence-electron chi connectivity index (χ1n) is 9.34. The first-order valence-corrected chi connectivity index (χ1v) is 11.6. The van der Waals surface area contributed by atoms with E-state index in [1.54, 1.807) is 12.1 Å². The van der Waals surface area contributed by atoms with E-state index in [2.05, 4.69) is 10.0 Å². The third-order valence-electron chi connectivity index (χ3n) is 4.80. The normalized spacial score (nSPS) is 16.9. The number of carbonyl (C=O) groups excluding carboxylic acids is 2. The maximum Gasteiger partial charge on any atom is 0.241 e. The number of hydrogen-bond donors (Lipinski definition) is 2. The predicted molar refractivity (Wildman–Crippen MR) is 116 cm³/mol. The molecule has 0 radical (unpaired) electrons. The highest BCUT2D eigenvalue weighted by Crippen LogP contribution is 2.25. The summed E-state index contributed by atoms with van der Waals surface area (Å²) in [4.78, 5) is 26.5. The Morgan fingerprint density at radius 1 is 1.07 bits per heavy atom. The van der Waals surface area contributed by atoms with Gasteiger partial charge in [-0.05, 0) is 43.2 Å². The molecule has 2 aromatic carbocycles. The molecule has 0 aliphatic carbocycles. The second-order valence-electron chi connectivity index (χ2n) is 6.93. The van der Waals surface area contributed by atoms with Crippen LogP contribution in [0.3, 0.4) is 0 Å². The number of likely N-dealkylation sites (tertiary alicyclic amines) is 1. The lowest BCUT2D eigenvalue weighted by Crippen LogP contribution is -2.47. The number of nitrogens with one attached hydrogen (secondary N) is 2. The Labute approximate surface area is 185 Å². The van der Waals surface area contributed by atoms with Crippen LogP contribution in [0, 0.1) is 5.92 Å². The van der Waals surface area contributed by atoms with Crippen LogP contribution in [0.5, 0.6) is 0 Å². The summed E-state index contributed by atoms with van der Waals surface area (Å²) in [6.45, 7) is 0.310. The number of sulfonamides is 1. The summed E-state index contributed by atoms with van der Waals surface area (Å²) >= 11 is 11.7. The van der Waals surface area contributed by atoms with Gasteiger partial charge in [0, 0.05) is 18.8 Å². The number of benzene rings is 2. The molecule has 30 heavy (non-hydrogen) atoms. The highest BCUT2D eigenvalue weighted by atomic mass is 35.5. The topological polar surface area (TPSA) is 95.6 Å². The van der Waals surface area contributed by atoms with Gasteiger partial charge in [0.1, 0.15) is 0 Å². The molecule has 0 saturated carbocycles. The monoisotopic (exact) mass is 469 g/mol. The lowest BCUT2D eigenvalue weighted by atomic mass is 9.97. The van der Waals surface area contributed by atoms with Gasteiger partial charge in [-0.25, -0.2) is 13.1 Å². The summed E-state index contributed by atoms with van der Waals surface area (Å²) in [5, 5.41) is 3.19. The van der Waals surface area contributed by atoms with Gasteiger partial charge in [-0.3, -0.25) is 9.59 Å². The number of carbonyl (C=O) groups is 2. The van der Waals surface area contributed by atoms with E-state index in [1.165, 1.54) is 23.1 Å². The van der Waals surface area contributed by atoms with E-state index in [-0.39, 0.29) is 33.3 Å². The van der Waals surface area contributed by atoms with Crippen LogP contribution in [-0.4, -0.2) is 44.8 Å². The maximum atomic E-state index is 12.5. The molecule has 7 nitrogen and oxygen atoms in total. The Balaban J connectivity index is 1.57. The van der Waals surface area contributed by atoms with Crippen LogP contribution in [-0.2, 0) is 19.6 Å². The Hall–Kier alpha value is -2.13. The van der Waals surface area contributed by atoms with Crippen LogP contribution >= 0.6 is 23.2 Å². The number of anilines is 1. The summed E-state index contributed by atoms with van der Waals surface area (Å²) in [5.41, 5.74) is 0.695. The first-order chi connectivity index (χ1) is 14.3. The third-order valence-corrected chi connectivity index (χ3v) is 6.94. The van der Waals surface area contributed by atoms with Crippen molar-refractivity contribution >= 4 is 50.7 Å². The van der Waals surface area contributed by atoms with Crippen LogP contribution in [0.2, 0.25) is 10.0 Å². The van der Waals surface area contributed by atoms with Crippen molar-refractivity contribution in [3.05, 3.63) is 58.6 Å². The van der Waals surface area contributed by atoms with E-state index < -0.39 is 22.5 Å². The average molecular weight is 470 g/mol. The molecule has 0 spiro atoms. The predicted octanol–water partition coefficient (Wildman–Crippen LogP) is 3.15. The van der Waals surface area contributed by atoms with Crippen LogP contribution in [0.1, 0.15) is 12.8 Å². The SMILES string of the molecule is O=C(Nc1ccccc1)[C@@H]1CCCN(C(=O)CNS(=O)(=O)c2ccc(Cl)c(Cl)c2)C1. The molecule has 1 heterocycles. The van der Waals surface area contributed by atoms with Crippen LogP contribution < -0.4 is 10.0 Å². The van der Waals surface area contributed by atoms with Gasteiger partial charge >= 0.3 is 0 Å². The van der Waals surface area contributed by atoms with E-state index >= 15 is 0 Å². The molecule has 10 heteroatoms. The Morgan fingerprint density at radius 3 is 2.50 bits per heavy atom. The molecule has 0 aromatic heterocycles. The zero-order valence-corrected chi connectivity index (χ0v) is 18.3. The molecule has 1 saturated heterocycles. The van der Waals surface area contributed by atoms with Crippen LogP contribution in [0.15, 0.2) is 53.4 Å². The number of halogens is 2. The standard InChI is InChI=1S/C20H21Cl2N3O4S/c21-17-9-8-16(11-18(17)22)30(28,29)23-12-19(26)25-10-4-5-14(13-25)20(27)24-15-6-2-1-3-7-15/h1-3,6-9,11,14,23H,4-5,10,12-13H2,(H,24,27)/t14-/m1/s1. The highest BCUT2D eigenvalue weighted by Gasteiger charge is 2.29. The molecule has 1 atom stereocenters. The first kappa shape index (κ1) is 22.6. The summed E-state index contributed by atoms with van der Waals surface area (Å²) < 4.78 is 27.1. The summed E-state index contributed by atoms with van der Waals surface area (Å²) in [5.74, 6) is -0.902. The van der Waals surface area contributed by atoms with Gasteiger partial charge in [0.2, 0.25) is 21.8 Å². The Bertz CT molecular complexity index is 1030. The number of hydrogen-bond acceptors (Lipinski definition) is 4. The van der Waals surface area contributed by atoms with Crippen LogP contribution in [0.4, 0.5) is 5.69 Å². The van der Waals surface area contributed by atoms with Crippen molar-refractivity contribution in [1.29, 1.82) is 0 Å². The molecule has 2 amide bonds. The van der Waals surface area contributed by atoms with Gasteiger partial charge in [-0.1, -0.05) is 41.4 Å². The van der Waals surface area contributed by atoms with E-state index in [9.17, 15) is 18.0 Å². The van der Waals surface area contributed by atoms with E-state index in [0.29, 0.717) is 25.1 Å². The van der Waals surface area contributed by atoms with Crippen molar-refractivity contribution in [2.75, 3.05) is 25.0 Å². The van der Waals surface area contributed by atoms with E-state index in [0.717, 1.165) is 0 Å². The highest BCUT2D eigenvalue weighted by molar-refractivity contribution is 7.89. The van der Waals surface area contributed by atoms with E-state index in [4.69, 9.17) is 23.2 Å². The van der Waals surface area contributed by atoms with Gasteiger partial charge in [-0.15, -0.1) is 0 Å².